The fourth-order valence-corrected chi connectivity index (χ4v) is 3.72. The molecule has 2 bridgehead atoms. The Kier molecular flexibility index (Phi) is 3.78. The summed E-state index contributed by atoms with van der Waals surface area (Å²) < 4.78 is 35.3. The van der Waals surface area contributed by atoms with Gasteiger partial charge in [-0.3, -0.25) is 14.8 Å². The predicted octanol–water partition coefficient (Wildman–Crippen LogP) is -0.591. The molecule has 3 N–H and O–H groups in total. The molecule has 130 valence electrons. The lowest BCUT2D eigenvalue weighted by Crippen LogP contribution is -2.56. The van der Waals surface area contributed by atoms with Gasteiger partial charge in [0.2, 0.25) is 0 Å². The number of nitrogens with one attached hydrogen (secondary N) is 2. The van der Waals surface area contributed by atoms with Crippen molar-refractivity contribution < 1.29 is 26.8 Å². The molecule has 2 aliphatic heterocycles. The molecule has 3 amide bonds. The molecule has 0 aromatic heterocycles. The molecule has 3 aliphatic rings. The zero-order valence-corrected chi connectivity index (χ0v) is 13.7. The minimum atomic E-state index is -4.80. The van der Waals surface area contributed by atoms with Crippen molar-refractivity contribution >= 4 is 22.3 Å². The average Bonchev–Trinajstić information content (AvgIpc) is 3.15. The summed E-state index contributed by atoms with van der Waals surface area (Å²) in [6.45, 7) is 3.93. The van der Waals surface area contributed by atoms with Crippen LogP contribution < -0.4 is 10.9 Å². The molecular weight excluding hydrogens is 328 g/mol. The summed E-state index contributed by atoms with van der Waals surface area (Å²) in [7, 11) is -4.80. The maximum atomic E-state index is 12.4. The van der Waals surface area contributed by atoms with Crippen LogP contribution in [0.2, 0.25) is 0 Å². The third kappa shape index (κ3) is 3.01. The molecular formula is C12H20N4O6S. The highest BCUT2D eigenvalue weighted by molar-refractivity contribution is 7.80. The quantitative estimate of drug-likeness (QED) is 0.447. The zero-order chi connectivity index (χ0) is 17.0. The first kappa shape index (κ1) is 16.4. The number of carbonyl (C=O) groups excluding carboxylic acids is 2. The van der Waals surface area contributed by atoms with Gasteiger partial charge in [0, 0.05) is 12.6 Å². The van der Waals surface area contributed by atoms with E-state index in [-0.39, 0.29) is 23.9 Å². The number of hydroxylamine groups is 2. The van der Waals surface area contributed by atoms with Crippen molar-refractivity contribution in [1.29, 1.82) is 0 Å². The third-order valence-corrected chi connectivity index (χ3v) is 4.97. The number of carbonyl (C=O) groups is 2. The van der Waals surface area contributed by atoms with Gasteiger partial charge in [0.25, 0.3) is 5.91 Å². The second-order valence-electron chi connectivity index (χ2n) is 6.65. The van der Waals surface area contributed by atoms with Crippen LogP contribution in [0.1, 0.15) is 33.1 Å². The molecule has 0 aromatic rings. The van der Waals surface area contributed by atoms with Crippen LogP contribution >= 0.6 is 0 Å². The molecule has 1 saturated carbocycles. The average molecular weight is 348 g/mol. The maximum absolute atomic E-state index is 12.4. The van der Waals surface area contributed by atoms with Crippen LogP contribution in [0.15, 0.2) is 0 Å². The molecule has 10 nitrogen and oxygen atoms in total. The second-order valence-corrected chi connectivity index (χ2v) is 7.65. The Morgan fingerprint density at radius 3 is 2.61 bits per heavy atom. The Hall–Kier alpha value is -1.43. The molecule has 0 unspecified atom stereocenters. The monoisotopic (exact) mass is 348 g/mol. The van der Waals surface area contributed by atoms with Crippen molar-refractivity contribution in [3.8, 4) is 0 Å². The summed E-state index contributed by atoms with van der Waals surface area (Å²) in [6, 6.07) is -1.85. The number of rotatable bonds is 5. The highest BCUT2D eigenvalue weighted by Gasteiger charge is 2.65. The number of hydrazine groups is 1. The summed E-state index contributed by atoms with van der Waals surface area (Å²) in [5.41, 5.74) is 5.04. The highest BCUT2D eigenvalue weighted by atomic mass is 32.3. The lowest BCUT2D eigenvalue weighted by Gasteiger charge is -2.35. The van der Waals surface area contributed by atoms with Gasteiger partial charge < -0.3 is 4.90 Å². The van der Waals surface area contributed by atoms with E-state index in [0.717, 1.165) is 12.8 Å². The normalized spacial score (nSPS) is 28.6. The minimum Gasteiger partial charge on any atom is -0.309 e. The van der Waals surface area contributed by atoms with Crippen LogP contribution in [0, 0.1) is 5.41 Å². The van der Waals surface area contributed by atoms with Gasteiger partial charge in [-0.15, -0.1) is 4.28 Å². The van der Waals surface area contributed by atoms with E-state index in [1.807, 2.05) is 13.8 Å². The minimum absolute atomic E-state index is 0.0406. The smallest absolute Gasteiger partial charge is 0.309 e. The highest BCUT2D eigenvalue weighted by Crippen LogP contribution is 2.59. The van der Waals surface area contributed by atoms with Crippen molar-refractivity contribution in [1.82, 2.24) is 20.8 Å². The van der Waals surface area contributed by atoms with Crippen LogP contribution in [0.4, 0.5) is 4.79 Å². The maximum Gasteiger partial charge on any atom is 0.418 e. The van der Waals surface area contributed by atoms with E-state index >= 15 is 0 Å². The molecule has 3 fully saturated rings. The largest absolute Gasteiger partial charge is 0.418 e. The number of hydrogen-bond acceptors (Lipinski definition) is 6. The standard InChI is InChI=1S/C12H20N4O6S/c1-7(2)13-14-10(17)8-5-12(3-4-12)9-6-15(8)11(18)16(9)22-23(19,20)21/h7-9,13H,3-6H2,1-2H3,(H,14,17)(H,19,20,21)/t8-,9-/m0/s1. The summed E-state index contributed by atoms with van der Waals surface area (Å²) in [6.07, 6.45) is 2.01. The van der Waals surface area contributed by atoms with Crippen LogP contribution in [0.5, 0.6) is 0 Å². The van der Waals surface area contributed by atoms with E-state index in [1.54, 1.807) is 0 Å². The van der Waals surface area contributed by atoms with Crippen molar-refractivity contribution in [2.75, 3.05) is 6.54 Å². The predicted molar refractivity (Wildman–Crippen MR) is 76.8 cm³/mol. The van der Waals surface area contributed by atoms with E-state index in [2.05, 4.69) is 15.1 Å². The summed E-state index contributed by atoms with van der Waals surface area (Å²) in [5.74, 6) is -0.342. The lowest BCUT2D eigenvalue weighted by atomic mass is 9.85. The number of piperidine rings is 1. The van der Waals surface area contributed by atoms with E-state index in [9.17, 15) is 18.0 Å². The zero-order valence-electron chi connectivity index (χ0n) is 12.9. The molecule has 2 heterocycles. The molecule has 2 saturated heterocycles. The molecule has 1 aliphatic carbocycles. The van der Waals surface area contributed by atoms with Crippen LogP contribution in [0.25, 0.3) is 0 Å². The van der Waals surface area contributed by atoms with Gasteiger partial charge in [0.1, 0.15) is 6.04 Å². The topological polar surface area (TPSA) is 128 Å². The fraction of sp³-hybridized carbons (Fsp3) is 0.833. The summed E-state index contributed by atoms with van der Waals surface area (Å²) in [4.78, 5) is 26.0. The Balaban J connectivity index is 1.80. The molecule has 0 radical (unpaired) electrons. The SMILES string of the molecule is CC(C)NNC(=O)[C@@H]1CC2(CC2)[C@@H]2CN1C(=O)N2OS(=O)(=O)O. The van der Waals surface area contributed by atoms with Gasteiger partial charge in [0.15, 0.2) is 0 Å². The van der Waals surface area contributed by atoms with E-state index in [4.69, 9.17) is 4.55 Å². The molecule has 23 heavy (non-hydrogen) atoms. The first-order chi connectivity index (χ1) is 10.6. The van der Waals surface area contributed by atoms with Crippen LogP contribution in [-0.4, -0.2) is 59.5 Å². The van der Waals surface area contributed by atoms with Gasteiger partial charge >= 0.3 is 16.4 Å². The van der Waals surface area contributed by atoms with E-state index < -0.39 is 28.5 Å². The fourth-order valence-electron chi connectivity index (χ4n) is 3.35. The van der Waals surface area contributed by atoms with E-state index in [1.165, 1.54) is 4.90 Å². The molecule has 2 atom stereocenters. The van der Waals surface area contributed by atoms with Gasteiger partial charge in [-0.2, -0.15) is 13.5 Å². The number of hydrogen-bond donors (Lipinski definition) is 3. The van der Waals surface area contributed by atoms with Gasteiger partial charge in [-0.1, -0.05) is 0 Å². The number of urea groups is 1. The summed E-state index contributed by atoms with van der Waals surface area (Å²) in [5, 5.41) is 0.700. The number of fused-ring (bicyclic) bond motifs is 3. The van der Waals surface area contributed by atoms with Gasteiger partial charge in [-0.05, 0) is 38.5 Å². The Bertz CT molecular complexity index is 631. The van der Waals surface area contributed by atoms with Crippen molar-refractivity contribution in [3.63, 3.8) is 0 Å². The third-order valence-electron chi connectivity index (χ3n) is 4.62. The second kappa shape index (κ2) is 5.30. The first-order valence-electron chi connectivity index (χ1n) is 7.45. The molecule has 11 heteroatoms. The molecule has 1 spiro atoms. The molecule has 0 aromatic carbocycles. The number of amides is 3. The first-order valence-corrected chi connectivity index (χ1v) is 8.82. The van der Waals surface area contributed by atoms with Crippen LogP contribution in [-0.2, 0) is 19.5 Å². The van der Waals surface area contributed by atoms with E-state index in [0.29, 0.717) is 11.5 Å². The Labute approximate surface area is 134 Å². The Morgan fingerprint density at radius 1 is 1.43 bits per heavy atom. The van der Waals surface area contributed by atoms with Crippen molar-refractivity contribution in [3.05, 3.63) is 0 Å². The number of nitrogens with zero attached hydrogens (tertiary/aromatic N) is 2. The summed E-state index contributed by atoms with van der Waals surface area (Å²) >= 11 is 0. The van der Waals surface area contributed by atoms with Gasteiger partial charge in [0.05, 0.1) is 6.04 Å². The van der Waals surface area contributed by atoms with Gasteiger partial charge in [-0.25, -0.2) is 10.2 Å². The van der Waals surface area contributed by atoms with Crippen LogP contribution in [0.3, 0.4) is 0 Å². The lowest BCUT2D eigenvalue weighted by molar-refractivity contribution is -0.128. The van der Waals surface area contributed by atoms with Crippen molar-refractivity contribution in [2.45, 2.75) is 51.2 Å². The molecule has 3 rings (SSSR count). The van der Waals surface area contributed by atoms with Crippen molar-refractivity contribution in [2.24, 2.45) is 5.41 Å². The Morgan fingerprint density at radius 2 is 2.09 bits per heavy atom.